The lowest BCUT2D eigenvalue weighted by Crippen LogP contribution is -2.70. The molecule has 1 fully saturated rings. The lowest BCUT2D eigenvalue weighted by molar-refractivity contribution is -0.170. The monoisotopic (exact) mass is 183 g/mol. The summed E-state index contributed by atoms with van der Waals surface area (Å²) >= 11 is 0. The van der Waals surface area contributed by atoms with E-state index in [0.717, 1.165) is 6.42 Å². The minimum absolute atomic E-state index is 0.118. The molecule has 1 rings (SSSR count). The molecular weight excluding hydrogens is 162 g/mol. The lowest BCUT2D eigenvalue weighted by atomic mass is 9.48. The van der Waals surface area contributed by atoms with Crippen molar-refractivity contribution < 1.29 is 4.79 Å². The average molecular weight is 183 g/mol. The molecule has 2 nitrogen and oxygen atoms in total. The zero-order valence-corrected chi connectivity index (χ0v) is 9.64. The molecule has 2 heteroatoms. The van der Waals surface area contributed by atoms with Gasteiger partial charge >= 0.3 is 0 Å². The maximum atomic E-state index is 11.9. The Hall–Kier alpha value is -0.370. The molecule has 0 aromatic carbocycles. The van der Waals surface area contributed by atoms with Crippen molar-refractivity contribution in [1.29, 1.82) is 0 Å². The molecule has 0 saturated heterocycles. The van der Waals surface area contributed by atoms with E-state index in [1.165, 1.54) is 0 Å². The topological polar surface area (TPSA) is 20.3 Å². The van der Waals surface area contributed by atoms with E-state index in [-0.39, 0.29) is 10.8 Å². The molecule has 0 aromatic rings. The fourth-order valence-corrected chi connectivity index (χ4v) is 3.27. The number of ketones is 1. The number of hydrogen-bond acceptors (Lipinski definition) is 2. The summed E-state index contributed by atoms with van der Waals surface area (Å²) in [6.07, 6.45) is 0.943. The number of Topliss-reactive ketones (excluding diaryl/α,β-unsaturated/α-hetero) is 1. The third kappa shape index (κ3) is 1.15. The number of hydrogen-bond donors (Lipinski definition) is 0. The molecule has 1 aliphatic carbocycles. The van der Waals surface area contributed by atoms with Crippen LogP contribution in [0.2, 0.25) is 0 Å². The van der Waals surface area contributed by atoms with Crippen LogP contribution in [-0.4, -0.2) is 30.8 Å². The standard InChI is InChI=1S/C11H21NO/c1-7-11(4)8(12(5)6)10(2,3)9(11)13/h8H,7H2,1-6H3. The van der Waals surface area contributed by atoms with Gasteiger partial charge in [-0.15, -0.1) is 0 Å². The first-order valence-electron chi connectivity index (χ1n) is 4.99. The van der Waals surface area contributed by atoms with Gasteiger partial charge in [0.25, 0.3) is 0 Å². The first-order chi connectivity index (χ1) is 5.78. The Morgan fingerprint density at radius 2 is 1.77 bits per heavy atom. The molecule has 0 amide bonds. The summed E-state index contributed by atoms with van der Waals surface area (Å²) in [5.74, 6) is 0.418. The number of rotatable bonds is 2. The highest BCUT2D eigenvalue weighted by Gasteiger charge is 2.63. The van der Waals surface area contributed by atoms with E-state index in [1.807, 2.05) is 0 Å². The number of carbonyl (C=O) groups is 1. The van der Waals surface area contributed by atoms with Crippen molar-refractivity contribution in [2.75, 3.05) is 14.1 Å². The highest BCUT2D eigenvalue weighted by Crippen LogP contribution is 2.54. The molecule has 13 heavy (non-hydrogen) atoms. The molecule has 0 radical (unpaired) electrons. The second kappa shape index (κ2) is 2.81. The summed E-state index contributed by atoms with van der Waals surface area (Å²) < 4.78 is 0. The summed E-state index contributed by atoms with van der Waals surface area (Å²) in [5.41, 5.74) is -0.277. The Kier molecular flexibility index (Phi) is 2.31. The molecule has 0 aliphatic heterocycles. The van der Waals surface area contributed by atoms with Crippen molar-refractivity contribution in [3.8, 4) is 0 Å². The summed E-state index contributed by atoms with van der Waals surface area (Å²) in [7, 11) is 4.12. The Bertz CT molecular complexity index is 232. The summed E-state index contributed by atoms with van der Waals surface area (Å²) in [6.45, 7) is 8.30. The first kappa shape index (κ1) is 10.7. The molecule has 0 aromatic heterocycles. The zero-order chi connectivity index (χ0) is 10.4. The van der Waals surface area contributed by atoms with Crippen LogP contribution in [0.1, 0.15) is 34.1 Å². The van der Waals surface area contributed by atoms with Gasteiger partial charge in [0, 0.05) is 16.9 Å². The van der Waals surface area contributed by atoms with Crippen LogP contribution >= 0.6 is 0 Å². The third-order valence-electron chi connectivity index (χ3n) is 3.64. The predicted octanol–water partition coefficient (Wildman–Crippen LogP) is 1.94. The smallest absolute Gasteiger partial charge is 0.147 e. The van der Waals surface area contributed by atoms with Crippen LogP contribution < -0.4 is 0 Å². The van der Waals surface area contributed by atoms with Gasteiger partial charge in [0.15, 0.2) is 0 Å². The minimum atomic E-state index is -0.158. The van der Waals surface area contributed by atoms with Gasteiger partial charge in [-0.25, -0.2) is 0 Å². The van der Waals surface area contributed by atoms with Gasteiger partial charge in [0.1, 0.15) is 5.78 Å². The van der Waals surface area contributed by atoms with Crippen molar-refractivity contribution >= 4 is 5.78 Å². The summed E-state index contributed by atoms with van der Waals surface area (Å²) in [5, 5.41) is 0. The summed E-state index contributed by atoms with van der Waals surface area (Å²) in [6, 6.07) is 0.387. The van der Waals surface area contributed by atoms with Crippen molar-refractivity contribution in [3.63, 3.8) is 0 Å². The maximum Gasteiger partial charge on any atom is 0.147 e. The quantitative estimate of drug-likeness (QED) is 0.652. The van der Waals surface area contributed by atoms with Gasteiger partial charge in [-0.3, -0.25) is 4.79 Å². The van der Waals surface area contributed by atoms with Crippen LogP contribution in [0.5, 0.6) is 0 Å². The van der Waals surface area contributed by atoms with Crippen LogP contribution in [0.15, 0.2) is 0 Å². The van der Waals surface area contributed by atoms with E-state index in [9.17, 15) is 4.79 Å². The summed E-state index contributed by atoms with van der Waals surface area (Å²) in [4.78, 5) is 14.1. The van der Waals surface area contributed by atoms with Crippen LogP contribution in [0, 0.1) is 10.8 Å². The molecule has 1 aliphatic rings. The number of carbonyl (C=O) groups excluding carboxylic acids is 1. The predicted molar refractivity (Wildman–Crippen MR) is 54.7 cm³/mol. The van der Waals surface area contributed by atoms with Gasteiger partial charge < -0.3 is 4.90 Å². The maximum absolute atomic E-state index is 11.9. The fourth-order valence-electron chi connectivity index (χ4n) is 3.27. The van der Waals surface area contributed by atoms with Crippen molar-refractivity contribution in [2.24, 2.45) is 10.8 Å². The van der Waals surface area contributed by atoms with E-state index in [4.69, 9.17) is 0 Å². The Balaban J connectivity index is 2.98. The van der Waals surface area contributed by atoms with Crippen LogP contribution in [-0.2, 0) is 4.79 Å². The van der Waals surface area contributed by atoms with Gasteiger partial charge in [-0.2, -0.15) is 0 Å². The van der Waals surface area contributed by atoms with E-state index < -0.39 is 0 Å². The Labute approximate surface area is 81.3 Å². The molecule has 76 valence electrons. The zero-order valence-electron chi connectivity index (χ0n) is 9.64. The molecule has 0 heterocycles. The third-order valence-corrected chi connectivity index (χ3v) is 3.64. The average Bonchev–Trinajstić information content (AvgIpc) is 2.01. The van der Waals surface area contributed by atoms with Gasteiger partial charge in [-0.05, 0) is 20.5 Å². The van der Waals surface area contributed by atoms with E-state index in [1.54, 1.807) is 0 Å². The normalized spacial score (nSPS) is 37.8. The highest BCUT2D eigenvalue weighted by atomic mass is 16.1. The molecule has 0 spiro atoms. The molecule has 2 atom stereocenters. The van der Waals surface area contributed by atoms with E-state index in [2.05, 4.69) is 46.7 Å². The first-order valence-corrected chi connectivity index (χ1v) is 4.99. The van der Waals surface area contributed by atoms with Crippen molar-refractivity contribution in [2.45, 2.75) is 40.2 Å². The second-order valence-electron chi connectivity index (χ2n) is 5.19. The largest absolute Gasteiger partial charge is 0.304 e. The van der Waals surface area contributed by atoms with Crippen LogP contribution in [0.4, 0.5) is 0 Å². The number of nitrogens with zero attached hydrogens (tertiary/aromatic N) is 1. The Morgan fingerprint density at radius 1 is 1.31 bits per heavy atom. The SMILES string of the molecule is CCC1(C)C(=O)C(C)(C)C1N(C)C. The Morgan fingerprint density at radius 3 is 2.00 bits per heavy atom. The molecular formula is C11H21NO. The fraction of sp³-hybridized carbons (Fsp3) is 0.909. The molecule has 0 bridgehead atoms. The van der Waals surface area contributed by atoms with Gasteiger partial charge in [0.05, 0.1) is 0 Å². The lowest BCUT2D eigenvalue weighted by Gasteiger charge is -2.59. The van der Waals surface area contributed by atoms with Crippen molar-refractivity contribution in [1.82, 2.24) is 4.90 Å². The highest BCUT2D eigenvalue weighted by molar-refractivity contribution is 5.97. The molecule has 1 saturated carbocycles. The van der Waals surface area contributed by atoms with Crippen LogP contribution in [0.25, 0.3) is 0 Å². The second-order valence-corrected chi connectivity index (χ2v) is 5.19. The van der Waals surface area contributed by atoms with Crippen molar-refractivity contribution in [3.05, 3.63) is 0 Å². The van der Waals surface area contributed by atoms with Crippen LogP contribution in [0.3, 0.4) is 0 Å². The minimum Gasteiger partial charge on any atom is -0.304 e. The van der Waals surface area contributed by atoms with Gasteiger partial charge in [-0.1, -0.05) is 27.7 Å². The van der Waals surface area contributed by atoms with E-state index >= 15 is 0 Å². The van der Waals surface area contributed by atoms with Gasteiger partial charge in [0.2, 0.25) is 0 Å². The molecule has 0 N–H and O–H groups in total. The molecule has 2 unspecified atom stereocenters. The van der Waals surface area contributed by atoms with E-state index in [0.29, 0.717) is 11.8 Å².